The fraction of sp³-hybridized carbons (Fsp3) is 0.304. The molecule has 0 spiro atoms. The van der Waals surface area contributed by atoms with Gasteiger partial charge in [0.1, 0.15) is 23.0 Å². The lowest BCUT2D eigenvalue weighted by molar-refractivity contribution is -0.120. The Morgan fingerprint density at radius 1 is 1.24 bits per heavy atom. The standard InChI is InChI=1S/C23H23F2N5O3S/c1-13-9-18(28-30(13)19-10-15(24)5-6-17(19)25)21-14(2)27-23-29(22(21)32)16(12-34-23)11-20(31)26-7-4-8-33-3/h5-6,9-10,12H,4,7-8,11H2,1-3H3,(H,26,31). The monoisotopic (exact) mass is 487 g/mol. The van der Waals surface area contributed by atoms with Crippen LogP contribution < -0.4 is 10.9 Å². The van der Waals surface area contributed by atoms with Gasteiger partial charge in [-0.05, 0) is 38.5 Å². The Morgan fingerprint density at radius 3 is 2.79 bits per heavy atom. The van der Waals surface area contributed by atoms with Crippen LogP contribution in [0.3, 0.4) is 0 Å². The Balaban J connectivity index is 1.72. The van der Waals surface area contributed by atoms with E-state index < -0.39 is 11.6 Å². The van der Waals surface area contributed by atoms with Gasteiger partial charge in [0.15, 0.2) is 4.96 Å². The number of methoxy groups -OCH3 is 1. The summed E-state index contributed by atoms with van der Waals surface area (Å²) in [5.41, 5.74) is 1.56. The van der Waals surface area contributed by atoms with Gasteiger partial charge in [-0.1, -0.05) is 0 Å². The zero-order valence-corrected chi connectivity index (χ0v) is 19.7. The SMILES string of the molecule is COCCCNC(=O)Cc1csc2nc(C)c(-c3cc(C)n(-c4cc(F)ccc4F)n3)c(=O)n12. The number of rotatable bonds is 8. The minimum absolute atomic E-state index is 0.0129. The summed E-state index contributed by atoms with van der Waals surface area (Å²) in [6.07, 6.45) is 0.699. The summed E-state index contributed by atoms with van der Waals surface area (Å²) < 4.78 is 35.7. The number of fused-ring (bicyclic) bond motifs is 1. The molecule has 0 bridgehead atoms. The van der Waals surface area contributed by atoms with Crippen LogP contribution in [-0.4, -0.2) is 45.3 Å². The summed E-state index contributed by atoms with van der Waals surface area (Å²) in [5.74, 6) is -1.46. The van der Waals surface area contributed by atoms with Crippen molar-refractivity contribution in [3.63, 3.8) is 0 Å². The van der Waals surface area contributed by atoms with Gasteiger partial charge in [0.2, 0.25) is 5.91 Å². The van der Waals surface area contributed by atoms with Crippen molar-refractivity contribution < 1.29 is 18.3 Å². The summed E-state index contributed by atoms with van der Waals surface area (Å²) in [6, 6.07) is 4.72. The molecule has 4 aromatic rings. The fourth-order valence-electron chi connectivity index (χ4n) is 3.68. The number of amides is 1. The highest BCUT2D eigenvalue weighted by Gasteiger charge is 2.21. The van der Waals surface area contributed by atoms with Gasteiger partial charge in [-0.15, -0.1) is 11.3 Å². The van der Waals surface area contributed by atoms with Crippen LogP contribution >= 0.6 is 11.3 Å². The molecule has 34 heavy (non-hydrogen) atoms. The molecule has 8 nitrogen and oxygen atoms in total. The van der Waals surface area contributed by atoms with Gasteiger partial charge in [-0.25, -0.2) is 18.4 Å². The Morgan fingerprint density at radius 2 is 2.03 bits per heavy atom. The normalized spacial score (nSPS) is 11.3. The van der Waals surface area contributed by atoms with Crippen LogP contribution in [0.4, 0.5) is 8.78 Å². The maximum Gasteiger partial charge on any atom is 0.268 e. The van der Waals surface area contributed by atoms with E-state index in [1.165, 1.54) is 20.4 Å². The number of thiazole rings is 1. The van der Waals surface area contributed by atoms with Crippen molar-refractivity contribution in [2.24, 2.45) is 0 Å². The molecule has 1 N–H and O–H groups in total. The number of aryl methyl sites for hydroxylation is 2. The summed E-state index contributed by atoms with van der Waals surface area (Å²) in [4.78, 5) is 30.8. The first-order valence-corrected chi connectivity index (χ1v) is 11.5. The third kappa shape index (κ3) is 4.62. The first-order valence-electron chi connectivity index (χ1n) is 10.6. The van der Waals surface area contributed by atoms with Gasteiger partial charge in [0.25, 0.3) is 5.56 Å². The number of halogens is 2. The van der Waals surface area contributed by atoms with Gasteiger partial charge in [0, 0.05) is 43.1 Å². The number of ether oxygens (including phenoxy) is 1. The Kier molecular flexibility index (Phi) is 6.85. The van der Waals surface area contributed by atoms with Crippen molar-refractivity contribution in [1.29, 1.82) is 0 Å². The third-order valence-electron chi connectivity index (χ3n) is 5.29. The summed E-state index contributed by atoms with van der Waals surface area (Å²) >= 11 is 1.26. The lowest BCUT2D eigenvalue weighted by atomic mass is 10.1. The second-order valence-corrected chi connectivity index (χ2v) is 8.61. The van der Waals surface area contributed by atoms with E-state index in [2.05, 4.69) is 15.4 Å². The van der Waals surface area contributed by atoms with E-state index in [4.69, 9.17) is 4.74 Å². The van der Waals surface area contributed by atoms with Crippen LogP contribution in [0.1, 0.15) is 23.5 Å². The Bertz CT molecular complexity index is 1430. The average molecular weight is 488 g/mol. The van der Waals surface area contributed by atoms with E-state index in [0.717, 1.165) is 18.2 Å². The highest BCUT2D eigenvalue weighted by Crippen LogP contribution is 2.24. The largest absolute Gasteiger partial charge is 0.385 e. The van der Waals surface area contributed by atoms with Crippen LogP contribution in [0, 0.1) is 25.5 Å². The number of hydrogen-bond acceptors (Lipinski definition) is 6. The second kappa shape index (κ2) is 9.82. The fourth-order valence-corrected chi connectivity index (χ4v) is 4.61. The molecule has 0 saturated carbocycles. The molecule has 1 aromatic carbocycles. The van der Waals surface area contributed by atoms with Crippen molar-refractivity contribution in [2.45, 2.75) is 26.7 Å². The van der Waals surface area contributed by atoms with E-state index in [9.17, 15) is 18.4 Å². The molecule has 0 aliphatic heterocycles. The van der Waals surface area contributed by atoms with E-state index in [1.54, 1.807) is 32.4 Å². The zero-order valence-electron chi connectivity index (χ0n) is 18.9. The second-order valence-electron chi connectivity index (χ2n) is 7.77. The number of carbonyl (C=O) groups excluding carboxylic acids is 1. The molecule has 0 fully saturated rings. The molecular formula is C23H23F2N5O3S. The number of nitrogens with one attached hydrogen (secondary N) is 1. The summed E-state index contributed by atoms with van der Waals surface area (Å²) in [7, 11) is 1.59. The molecule has 4 rings (SSSR count). The molecule has 0 atom stereocenters. The molecule has 0 radical (unpaired) electrons. The summed E-state index contributed by atoms with van der Waals surface area (Å²) in [6.45, 7) is 4.39. The molecule has 1 amide bonds. The van der Waals surface area contributed by atoms with Gasteiger partial charge in [0.05, 0.1) is 17.7 Å². The summed E-state index contributed by atoms with van der Waals surface area (Å²) in [5, 5.41) is 8.92. The Hall–Kier alpha value is -3.44. The maximum absolute atomic E-state index is 14.3. The van der Waals surface area contributed by atoms with Gasteiger partial charge in [-0.3, -0.25) is 14.0 Å². The lowest BCUT2D eigenvalue weighted by Gasteiger charge is -2.07. The molecule has 0 aliphatic carbocycles. The number of aromatic nitrogens is 4. The highest BCUT2D eigenvalue weighted by atomic mass is 32.1. The van der Waals surface area contributed by atoms with Crippen LogP contribution in [0.25, 0.3) is 21.9 Å². The third-order valence-corrected chi connectivity index (χ3v) is 6.16. The van der Waals surface area contributed by atoms with Crippen molar-refractivity contribution in [2.75, 3.05) is 20.3 Å². The first-order chi connectivity index (χ1) is 16.3. The van der Waals surface area contributed by atoms with Crippen LogP contribution in [0.15, 0.2) is 34.4 Å². The number of carbonyl (C=O) groups is 1. The van der Waals surface area contributed by atoms with E-state index in [-0.39, 0.29) is 34.8 Å². The van der Waals surface area contributed by atoms with Crippen LogP contribution in [-0.2, 0) is 16.0 Å². The topological polar surface area (TPSA) is 90.5 Å². The molecule has 0 unspecified atom stereocenters. The maximum atomic E-state index is 14.3. The zero-order chi connectivity index (χ0) is 24.4. The molecular weight excluding hydrogens is 464 g/mol. The number of nitrogens with zero attached hydrogens (tertiary/aromatic N) is 4. The quantitative estimate of drug-likeness (QED) is 0.386. The van der Waals surface area contributed by atoms with E-state index in [0.29, 0.717) is 41.6 Å². The molecule has 11 heteroatoms. The molecule has 0 aliphatic rings. The minimum atomic E-state index is -0.641. The van der Waals surface area contributed by atoms with Crippen LogP contribution in [0.2, 0.25) is 0 Å². The predicted molar refractivity (Wildman–Crippen MR) is 124 cm³/mol. The van der Waals surface area contributed by atoms with Gasteiger partial charge >= 0.3 is 0 Å². The molecule has 178 valence electrons. The van der Waals surface area contributed by atoms with Gasteiger partial charge in [-0.2, -0.15) is 5.10 Å². The Labute approximate surface area is 197 Å². The molecule has 0 saturated heterocycles. The predicted octanol–water partition coefficient (Wildman–Crippen LogP) is 3.20. The van der Waals surface area contributed by atoms with E-state index in [1.807, 2.05) is 0 Å². The molecule has 3 aromatic heterocycles. The average Bonchev–Trinajstić information content (AvgIpc) is 3.36. The van der Waals surface area contributed by atoms with Crippen LogP contribution in [0.5, 0.6) is 0 Å². The minimum Gasteiger partial charge on any atom is -0.385 e. The van der Waals surface area contributed by atoms with Crippen molar-refractivity contribution in [1.82, 2.24) is 24.5 Å². The smallest absolute Gasteiger partial charge is 0.268 e. The van der Waals surface area contributed by atoms with Crippen molar-refractivity contribution >= 4 is 22.2 Å². The van der Waals surface area contributed by atoms with Crippen molar-refractivity contribution in [3.8, 4) is 16.9 Å². The number of hydrogen-bond donors (Lipinski definition) is 1. The van der Waals surface area contributed by atoms with Crippen molar-refractivity contribution in [3.05, 3.63) is 68.7 Å². The lowest BCUT2D eigenvalue weighted by Crippen LogP contribution is -2.28. The number of benzene rings is 1. The highest BCUT2D eigenvalue weighted by molar-refractivity contribution is 7.15. The van der Waals surface area contributed by atoms with Gasteiger partial charge < -0.3 is 10.1 Å². The van der Waals surface area contributed by atoms with E-state index >= 15 is 0 Å². The first kappa shape index (κ1) is 23.7. The molecule has 3 heterocycles.